The van der Waals surface area contributed by atoms with E-state index in [1.807, 2.05) is 32.0 Å². The van der Waals surface area contributed by atoms with Crippen molar-refractivity contribution in [2.45, 2.75) is 65.8 Å². The number of carbonyl (C=O) groups is 4. The smallest absolute Gasteiger partial charge is 0.323 e. The molecule has 0 aliphatic rings. The second kappa shape index (κ2) is 16.1. The Kier molecular flexibility index (Phi) is 13.0. The van der Waals surface area contributed by atoms with Gasteiger partial charge in [-0.15, -0.1) is 0 Å². The summed E-state index contributed by atoms with van der Waals surface area (Å²) >= 11 is 0. The van der Waals surface area contributed by atoms with Gasteiger partial charge < -0.3 is 30.7 Å². The van der Waals surface area contributed by atoms with E-state index in [2.05, 4.69) is 29.8 Å². The highest BCUT2D eigenvalue weighted by Gasteiger charge is 2.21. The maximum absolute atomic E-state index is 12.9. The summed E-state index contributed by atoms with van der Waals surface area (Å²) in [4.78, 5) is 50.7. The predicted molar refractivity (Wildman–Crippen MR) is 156 cm³/mol. The van der Waals surface area contributed by atoms with Crippen molar-refractivity contribution in [3.63, 3.8) is 0 Å². The Labute approximate surface area is 236 Å². The Morgan fingerprint density at radius 1 is 0.975 bits per heavy atom. The molecule has 0 bridgehead atoms. The summed E-state index contributed by atoms with van der Waals surface area (Å²) in [5.74, 6) is -0.719. The van der Waals surface area contributed by atoms with Gasteiger partial charge in [-0.05, 0) is 55.5 Å². The number of amides is 4. The van der Waals surface area contributed by atoms with Crippen molar-refractivity contribution >= 4 is 35.2 Å². The molecule has 1 atom stereocenters. The second-order valence-corrected chi connectivity index (χ2v) is 10.3. The lowest BCUT2D eigenvalue weighted by atomic mass is 10.0. The molecular formula is C30H42N4O6. The number of para-hydroxylation sites is 1. The van der Waals surface area contributed by atoms with Crippen molar-refractivity contribution in [3.8, 4) is 5.75 Å². The van der Waals surface area contributed by atoms with Crippen LogP contribution >= 0.6 is 0 Å². The molecule has 2 aromatic rings. The molecule has 0 heterocycles. The number of carbonyl (C=O) groups excluding carboxylic acids is 3. The summed E-state index contributed by atoms with van der Waals surface area (Å²) < 4.78 is 5.41. The number of methoxy groups -OCH3 is 1. The number of nitrogens with one attached hydrogen (secondary N) is 3. The summed E-state index contributed by atoms with van der Waals surface area (Å²) in [6.07, 6.45) is 2.57. The lowest BCUT2D eigenvalue weighted by Gasteiger charge is -2.29. The molecule has 218 valence electrons. The summed E-state index contributed by atoms with van der Waals surface area (Å²) in [5, 5.41) is 17.3. The first kappa shape index (κ1) is 32.1. The van der Waals surface area contributed by atoms with Crippen LogP contribution in [0.1, 0.15) is 57.6 Å². The maximum Gasteiger partial charge on any atom is 0.323 e. The lowest BCUT2D eigenvalue weighted by molar-refractivity contribution is -0.139. The number of urea groups is 1. The predicted octanol–water partition coefficient (Wildman–Crippen LogP) is 4.82. The zero-order valence-electron chi connectivity index (χ0n) is 24.1. The number of carboxylic acid groups (broad SMARTS) is 1. The molecule has 2 rings (SSSR count). The van der Waals surface area contributed by atoms with Gasteiger partial charge in [0, 0.05) is 18.3 Å². The first-order chi connectivity index (χ1) is 19.0. The van der Waals surface area contributed by atoms with E-state index in [0.717, 1.165) is 24.8 Å². The molecule has 0 aliphatic heterocycles. The average molecular weight is 555 g/mol. The minimum absolute atomic E-state index is 0.00159. The number of ether oxygens (including phenoxy) is 1. The third-order valence-corrected chi connectivity index (χ3v) is 6.53. The van der Waals surface area contributed by atoms with Crippen LogP contribution in [-0.4, -0.2) is 60.1 Å². The van der Waals surface area contributed by atoms with Gasteiger partial charge >= 0.3 is 12.0 Å². The van der Waals surface area contributed by atoms with E-state index >= 15 is 0 Å². The Morgan fingerprint density at radius 3 is 2.33 bits per heavy atom. The summed E-state index contributed by atoms with van der Waals surface area (Å²) in [6.45, 7) is 7.95. The Bertz CT molecular complexity index is 1170. The van der Waals surface area contributed by atoms with Crippen LogP contribution in [0.2, 0.25) is 0 Å². The van der Waals surface area contributed by atoms with Crippen molar-refractivity contribution in [1.29, 1.82) is 0 Å². The quantitative estimate of drug-likeness (QED) is 0.249. The first-order valence-corrected chi connectivity index (χ1v) is 13.6. The van der Waals surface area contributed by atoms with Crippen LogP contribution in [0.4, 0.5) is 16.2 Å². The molecule has 0 aliphatic carbocycles. The van der Waals surface area contributed by atoms with Gasteiger partial charge in [0.2, 0.25) is 11.8 Å². The SMILES string of the molecule is COc1cc(CC(=O)NCC(=O)N(CCC(=O)O)C(C)CCCC(C)C)ccc1NC(=O)Nc1ccccc1C. The molecule has 0 aromatic heterocycles. The lowest BCUT2D eigenvalue weighted by Crippen LogP contribution is -2.45. The van der Waals surface area contributed by atoms with Crippen LogP contribution in [0.15, 0.2) is 42.5 Å². The number of benzene rings is 2. The van der Waals surface area contributed by atoms with Gasteiger partial charge in [-0.1, -0.05) is 51.0 Å². The zero-order chi connectivity index (χ0) is 29.7. The molecule has 0 fully saturated rings. The maximum atomic E-state index is 12.9. The molecule has 2 aromatic carbocycles. The van der Waals surface area contributed by atoms with E-state index in [0.29, 0.717) is 28.6 Å². The van der Waals surface area contributed by atoms with Gasteiger partial charge in [-0.2, -0.15) is 0 Å². The Morgan fingerprint density at radius 2 is 1.68 bits per heavy atom. The van der Waals surface area contributed by atoms with E-state index in [1.54, 1.807) is 29.2 Å². The number of aryl methyl sites for hydroxylation is 1. The van der Waals surface area contributed by atoms with E-state index < -0.39 is 12.0 Å². The topological polar surface area (TPSA) is 137 Å². The van der Waals surface area contributed by atoms with Crippen molar-refractivity contribution in [2.24, 2.45) is 5.92 Å². The molecule has 4 amide bonds. The average Bonchev–Trinajstić information content (AvgIpc) is 2.89. The van der Waals surface area contributed by atoms with E-state index in [-0.39, 0.29) is 43.8 Å². The van der Waals surface area contributed by atoms with E-state index in [9.17, 15) is 19.2 Å². The van der Waals surface area contributed by atoms with Crippen LogP contribution in [-0.2, 0) is 20.8 Å². The highest BCUT2D eigenvalue weighted by atomic mass is 16.5. The van der Waals surface area contributed by atoms with Crippen molar-refractivity contribution < 1.29 is 29.0 Å². The van der Waals surface area contributed by atoms with Crippen LogP contribution < -0.4 is 20.7 Å². The molecule has 4 N–H and O–H groups in total. The largest absolute Gasteiger partial charge is 0.495 e. The molecule has 0 saturated heterocycles. The zero-order valence-corrected chi connectivity index (χ0v) is 24.1. The monoisotopic (exact) mass is 554 g/mol. The standard InChI is InChI=1S/C30H42N4O6/c1-20(2)9-8-11-22(4)34(16-15-29(37)38)28(36)19-31-27(35)18-23-13-14-25(26(17-23)40-5)33-30(39)32-24-12-7-6-10-21(24)3/h6-7,10,12-14,17,20,22H,8-9,11,15-16,18-19H2,1-5H3,(H,31,35)(H,37,38)(H2,32,33,39). The number of nitrogens with zero attached hydrogens (tertiary/aromatic N) is 1. The number of carboxylic acids is 1. The van der Waals surface area contributed by atoms with Crippen molar-refractivity contribution in [1.82, 2.24) is 10.2 Å². The van der Waals surface area contributed by atoms with Crippen LogP contribution in [0, 0.1) is 12.8 Å². The third-order valence-electron chi connectivity index (χ3n) is 6.53. The Hall–Kier alpha value is -4.08. The molecule has 40 heavy (non-hydrogen) atoms. The van der Waals surface area contributed by atoms with Crippen molar-refractivity contribution in [2.75, 3.05) is 30.8 Å². The fraction of sp³-hybridized carbons (Fsp3) is 0.467. The van der Waals surface area contributed by atoms with Crippen molar-refractivity contribution in [3.05, 3.63) is 53.6 Å². The minimum Gasteiger partial charge on any atom is -0.495 e. The van der Waals surface area contributed by atoms with Gasteiger partial charge in [0.05, 0.1) is 32.2 Å². The molecule has 0 saturated carbocycles. The second-order valence-electron chi connectivity index (χ2n) is 10.3. The molecular weight excluding hydrogens is 512 g/mol. The minimum atomic E-state index is -0.976. The molecule has 0 radical (unpaired) electrons. The van der Waals surface area contributed by atoms with Crippen LogP contribution in [0.5, 0.6) is 5.75 Å². The summed E-state index contributed by atoms with van der Waals surface area (Å²) in [7, 11) is 1.47. The highest BCUT2D eigenvalue weighted by Crippen LogP contribution is 2.26. The summed E-state index contributed by atoms with van der Waals surface area (Å²) in [5.41, 5.74) is 2.69. The normalized spacial score (nSPS) is 11.4. The fourth-order valence-electron chi connectivity index (χ4n) is 4.25. The molecule has 0 spiro atoms. The van der Waals surface area contributed by atoms with E-state index in [4.69, 9.17) is 9.84 Å². The molecule has 10 heteroatoms. The van der Waals surface area contributed by atoms with Gasteiger partial charge in [-0.3, -0.25) is 14.4 Å². The van der Waals surface area contributed by atoms with Gasteiger partial charge in [0.1, 0.15) is 5.75 Å². The highest BCUT2D eigenvalue weighted by molar-refractivity contribution is 6.01. The van der Waals surface area contributed by atoms with Crippen LogP contribution in [0.3, 0.4) is 0 Å². The molecule has 1 unspecified atom stereocenters. The first-order valence-electron chi connectivity index (χ1n) is 13.6. The van der Waals surface area contributed by atoms with E-state index in [1.165, 1.54) is 7.11 Å². The van der Waals surface area contributed by atoms with Gasteiger partial charge in [0.25, 0.3) is 0 Å². The number of hydrogen-bond donors (Lipinski definition) is 4. The molecule has 10 nitrogen and oxygen atoms in total. The number of aliphatic carboxylic acids is 1. The van der Waals surface area contributed by atoms with Gasteiger partial charge in [0.15, 0.2) is 0 Å². The number of hydrogen-bond acceptors (Lipinski definition) is 5. The summed E-state index contributed by atoms with van der Waals surface area (Å²) in [6, 6.07) is 11.9. The Balaban J connectivity index is 1.95. The van der Waals surface area contributed by atoms with Gasteiger partial charge in [-0.25, -0.2) is 4.79 Å². The third kappa shape index (κ3) is 11.0. The van der Waals surface area contributed by atoms with Crippen LogP contribution in [0.25, 0.3) is 0 Å². The number of rotatable bonds is 15. The number of anilines is 2. The fourth-order valence-corrected chi connectivity index (χ4v) is 4.25.